The van der Waals surface area contributed by atoms with Crippen molar-refractivity contribution in [2.24, 2.45) is 0 Å². The summed E-state index contributed by atoms with van der Waals surface area (Å²) in [5.74, 6) is 0.626. The highest BCUT2D eigenvalue weighted by Gasteiger charge is 2.22. The fourth-order valence-electron chi connectivity index (χ4n) is 5.06. The Labute approximate surface area is 218 Å². The van der Waals surface area contributed by atoms with Crippen molar-refractivity contribution in [3.05, 3.63) is 89.0 Å². The molecule has 0 bridgehead atoms. The lowest BCUT2D eigenvalue weighted by Gasteiger charge is -2.33. The number of nitrogens with one attached hydrogen (secondary N) is 1. The van der Waals surface area contributed by atoms with Crippen molar-refractivity contribution in [3.8, 4) is 11.1 Å². The number of rotatable bonds is 6. The summed E-state index contributed by atoms with van der Waals surface area (Å²) in [4.78, 5) is 16.6. The van der Waals surface area contributed by atoms with E-state index in [-0.39, 0.29) is 12.0 Å². The molecule has 5 rings (SSSR count). The second kappa shape index (κ2) is 11.0. The van der Waals surface area contributed by atoms with Gasteiger partial charge in [0.15, 0.2) is 0 Å². The van der Waals surface area contributed by atoms with Gasteiger partial charge in [0, 0.05) is 34.5 Å². The zero-order valence-electron chi connectivity index (χ0n) is 21.0. The number of benzene rings is 3. The molecule has 186 valence electrons. The van der Waals surface area contributed by atoms with Crippen molar-refractivity contribution >= 4 is 29.4 Å². The third-order valence-corrected chi connectivity index (χ3v) is 8.47. The first-order chi connectivity index (χ1) is 17.4. The van der Waals surface area contributed by atoms with Crippen LogP contribution in [-0.2, 0) is 11.3 Å². The highest BCUT2D eigenvalue weighted by molar-refractivity contribution is 7.99. The van der Waals surface area contributed by atoms with Gasteiger partial charge in [-0.1, -0.05) is 48.0 Å². The van der Waals surface area contributed by atoms with E-state index in [1.165, 1.54) is 21.6 Å². The number of fused-ring (bicyclic) bond motifs is 1. The van der Waals surface area contributed by atoms with Crippen LogP contribution in [0.1, 0.15) is 42.4 Å². The predicted molar refractivity (Wildman–Crippen MR) is 150 cm³/mol. The first-order valence-electron chi connectivity index (χ1n) is 12.8. The molecule has 0 atom stereocenters. The van der Waals surface area contributed by atoms with Crippen LogP contribution in [-0.4, -0.2) is 40.9 Å². The molecule has 1 amide bonds. The average molecular weight is 499 g/mol. The first-order valence-corrected chi connectivity index (χ1v) is 13.8. The van der Waals surface area contributed by atoms with Gasteiger partial charge < -0.3 is 10.4 Å². The summed E-state index contributed by atoms with van der Waals surface area (Å²) in [6, 6.07) is 23.7. The SMILES string of the molecule is Cc1ccc(-c2ccc3c(c2)C=C(C(=O)Nc2ccc(CN(C)C4CCC(O)CC4)cc2)CS3)cc1. The number of thioether (sulfide) groups is 1. The van der Waals surface area contributed by atoms with E-state index in [0.717, 1.165) is 54.6 Å². The van der Waals surface area contributed by atoms with Crippen LogP contribution in [0.2, 0.25) is 0 Å². The van der Waals surface area contributed by atoms with Gasteiger partial charge in [0.05, 0.1) is 6.10 Å². The lowest BCUT2D eigenvalue weighted by atomic mass is 9.92. The average Bonchev–Trinajstić information content (AvgIpc) is 2.90. The third-order valence-electron chi connectivity index (χ3n) is 7.33. The second-order valence-electron chi connectivity index (χ2n) is 10.1. The number of carbonyl (C=O) groups is 1. The standard InChI is InChI=1S/C31H34N2O2S/c1-21-3-7-23(8-4-21)24-9-16-30-25(17-24)18-26(20-36-30)31(35)32-27-10-5-22(6-11-27)19-33(2)28-12-14-29(34)15-13-28/h3-11,16-18,28-29,34H,12-15,19-20H2,1-2H3,(H,32,35). The molecule has 0 unspecified atom stereocenters. The van der Waals surface area contributed by atoms with Gasteiger partial charge in [-0.2, -0.15) is 0 Å². The number of nitrogens with zero attached hydrogens (tertiary/aromatic N) is 1. The molecule has 2 N–H and O–H groups in total. The fraction of sp³-hybridized carbons (Fsp3) is 0.323. The van der Waals surface area contributed by atoms with E-state index < -0.39 is 0 Å². The van der Waals surface area contributed by atoms with Gasteiger partial charge in [0.1, 0.15) is 0 Å². The Morgan fingerprint density at radius 1 is 0.972 bits per heavy atom. The van der Waals surface area contributed by atoms with E-state index in [1.807, 2.05) is 18.2 Å². The summed E-state index contributed by atoms with van der Waals surface area (Å²) in [6.45, 7) is 2.97. The van der Waals surface area contributed by atoms with Crippen molar-refractivity contribution < 1.29 is 9.90 Å². The Hall–Kier alpha value is -2.86. The van der Waals surface area contributed by atoms with Crippen LogP contribution in [0.25, 0.3) is 17.2 Å². The molecule has 1 fully saturated rings. The number of aliphatic hydroxyl groups is 1. The molecule has 4 nitrogen and oxygen atoms in total. The maximum Gasteiger partial charge on any atom is 0.252 e. The van der Waals surface area contributed by atoms with Gasteiger partial charge in [-0.15, -0.1) is 11.8 Å². The predicted octanol–water partition coefficient (Wildman–Crippen LogP) is 6.53. The Balaban J connectivity index is 1.22. The van der Waals surface area contributed by atoms with Crippen LogP contribution in [0.5, 0.6) is 0 Å². The number of anilines is 1. The van der Waals surface area contributed by atoms with Gasteiger partial charge in [-0.3, -0.25) is 9.69 Å². The quantitative estimate of drug-likeness (QED) is 0.406. The molecule has 5 heteroatoms. The number of aliphatic hydroxyl groups excluding tert-OH is 1. The van der Waals surface area contributed by atoms with Crippen LogP contribution in [0.15, 0.2) is 77.2 Å². The van der Waals surface area contributed by atoms with Crippen molar-refractivity contribution in [3.63, 3.8) is 0 Å². The van der Waals surface area contributed by atoms with Gasteiger partial charge in [0.25, 0.3) is 5.91 Å². The molecular formula is C31H34N2O2S. The van der Waals surface area contributed by atoms with Crippen LogP contribution in [0.3, 0.4) is 0 Å². The third kappa shape index (κ3) is 5.92. The largest absolute Gasteiger partial charge is 0.393 e. The highest BCUT2D eigenvalue weighted by Crippen LogP contribution is 2.35. The van der Waals surface area contributed by atoms with Crippen LogP contribution >= 0.6 is 11.8 Å². The number of carbonyl (C=O) groups excluding carboxylic acids is 1. The molecule has 1 aliphatic carbocycles. The van der Waals surface area contributed by atoms with Gasteiger partial charge in [0.2, 0.25) is 0 Å². The second-order valence-corrected chi connectivity index (χ2v) is 11.1. The Kier molecular flexibility index (Phi) is 7.61. The number of hydrogen-bond acceptors (Lipinski definition) is 4. The smallest absolute Gasteiger partial charge is 0.252 e. The number of hydrogen-bond donors (Lipinski definition) is 2. The molecule has 3 aromatic rings. The molecule has 0 radical (unpaired) electrons. The van der Waals surface area contributed by atoms with Crippen LogP contribution in [0, 0.1) is 6.92 Å². The number of aryl methyl sites for hydroxylation is 1. The molecule has 1 saturated carbocycles. The lowest BCUT2D eigenvalue weighted by Crippen LogP contribution is -2.35. The van der Waals surface area contributed by atoms with E-state index in [1.54, 1.807) is 11.8 Å². The Morgan fingerprint density at radius 3 is 2.39 bits per heavy atom. The van der Waals surface area contributed by atoms with E-state index in [4.69, 9.17) is 0 Å². The molecule has 2 aliphatic rings. The first kappa shape index (κ1) is 24.8. The van der Waals surface area contributed by atoms with E-state index in [2.05, 4.69) is 78.8 Å². The maximum atomic E-state index is 13.0. The Morgan fingerprint density at radius 2 is 1.67 bits per heavy atom. The number of amides is 1. The summed E-state index contributed by atoms with van der Waals surface area (Å²) in [5.41, 5.74) is 7.53. The Bertz CT molecular complexity index is 1240. The van der Waals surface area contributed by atoms with Crippen molar-refractivity contribution in [2.45, 2.75) is 56.2 Å². The van der Waals surface area contributed by atoms with Crippen molar-refractivity contribution in [1.82, 2.24) is 4.90 Å². The normalized spacial score (nSPS) is 19.5. The topological polar surface area (TPSA) is 52.6 Å². The van der Waals surface area contributed by atoms with E-state index in [9.17, 15) is 9.90 Å². The summed E-state index contributed by atoms with van der Waals surface area (Å²) in [7, 11) is 2.16. The minimum atomic E-state index is -0.126. The highest BCUT2D eigenvalue weighted by atomic mass is 32.2. The van der Waals surface area contributed by atoms with Crippen molar-refractivity contribution in [1.29, 1.82) is 0 Å². The zero-order valence-corrected chi connectivity index (χ0v) is 21.9. The molecule has 3 aromatic carbocycles. The minimum Gasteiger partial charge on any atom is -0.393 e. The molecule has 36 heavy (non-hydrogen) atoms. The van der Waals surface area contributed by atoms with E-state index in [0.29, 0.717) is 11.8 Å². The van der Waals surface area contributed by atoms with Gasteiger partial charge >= 0.3 is 0 Å². The molecule has 1 heterocycles. The van der Waals surface area contributed by atoms with Crippen LogP contribution < -0.4 is 5.32 Å². The minimum absolute atomic E-state index is 0.0421. The maximum absolute atomic E-state index is 13.0. The molecule has 0 spiro atoms. The lowest BCUT2D eigenvalue weighted by molar-refractivity contribution is -0.112. The molecule has 0 aromatic heterocycles. The van der Waals surface area contributed by atoms with Gasteiger partial charge in [-0.05, 0) is 92.2 Å². The molecule has 0 saturated heterocycles. The van der Waals surface area contributed by atoms with E-state index >= 15 is 0 Å². The van der Waals surface area contributed by atoms with Crippen LogP contribution in [0.4, 0.5) is 5.69 Å². The van der Waals surface area contributed by atoms with Crippen molar-refractivity contribution in [2.75, 3.05) is 18.1 Å². The summed E-state index contributed by atoms with van der Waals surface area (Å²) in [6.07, 6.45) is 5.79. The zero-order chi connectivity index (χ0) is 25.1. The summed E-state index contributed by atoms with van der Waals surface area (Å²) >= 11 is 1.71. The molecular weight excluding hydrogens is 464 g/mol. The summed E-state index contributed by atoms with van der Waals surface area (Å²) in [5, 5.41) is 12.8. The summed E-state index contributed by atoms with van der Waals surface area (Å²) < 4.78 is 0. The molecule has 1 aliphatic heterocycles. The fourth-order valence-corrected chi connectivity index (χ4v) is 6.03. The van der Waals surface area contributed by atoms with Gasteiger partial charge in [-0.25, -0.2) is 0 Å². The monoisotopic (exact) mass is 498 g/mol.